The van der Waals surface area contributed by atoms with Crippen LogP contribution in [0.25, 0.3) is 0 Å². The first-order chi connectivity index (χ1) is 14.1. The fourth-order valence-corrected chi connectivity index (χ4v) is 6.28. The molecule has 8 heteroatoms. The molecule has 160 valence electrons. The van der Waals surface area contributed by atoms with Gasteiger partial charge in [0.15, 0.2) is 16.4 Å². The van der Waals surface area contributed by atoms with Crippen molar-refractivity contribution in [1.29, 1.82) is 0 Å². The van der Waals surface area contributed by atoms with Gasteiger partial charge in [-0.3, -0.25) is 9.59 Å². The summed E-state index contributed by atoms with van der Waals surface area (Å²) in [5.74, 6) is -0.415. The predicted octanol–water partition coefficient (Wildman–Crippen LogP) is 3.58. The van der Waals surface area contributed by atoms with Gasteiger partial charge < -0.3 is 9.30 Å². The molecule has 30 heavy (non-hydrogen) atoms. The quantitative estimate of drug-likeness (QED) is 0.497. The number of carbonyl (C=O) groups is 2. The van der Waals surface area contributed by atoms with Crippen LogP contribution >= 0.6 is 11.6 Å². The summed E-state index contributed by atoms with van der Waals surface area (Å²) in [5, 5.41) is 0.600. The molecule has 0 spiro atoms. The van der Waals surface area contributed by atoms with Crippen LogP contribution in [0.5, 0.6) is 0 Å². The lowest BCUT2D eigenvalue weighted by molar-refractivity contribution is -0.145. The molecule has 2 aliphatic rings. The third kappa shape index (κ3) is 3.81. The van der Waals surface area contributed by atoms with Gasteiger partial charge in [-0.1, -0.05) is 23.7 Å². The number of halogens is 1. The Labute approximate surface area is 181 Å². The molecule has 0 bridgehead atoms. The Morgan fingerprint density at radius 1 is 1.20 bits per heavy atom. The maximum atomic E-state index is 12.8. The molecule has 1 atom stereocenters. The largest absolute Gasteiger partial charge is 0.457 e. The van der Waals surface area contributed by atoms with Crippen molar-refractivity contribution in [3.05, 3.63) is 57.9 Å². The Morgan fingerprint density at radius 2 is 1.87 bits per heavy atom. The number of rotatable bonds is 6. The predicted molar refractivity (Wildman–Crippen MR) is 114 cm³/mol. The van der Waals surface area contributed by atoms with E-state index in [0.717, 1.165) is 17.0 Å². The third-order valence-electron chi connectivity index (χ3n) is 6.23. The molecule has 0 radical (unpaired) electrons. The van der Waals surface area contributed by atoms with Gasteiger partial charge in [-0.25, -0.2) is 8.42 Å². The summed E-state index contributed by atoms with van der Waals surface area (Å²) in [6.07, 6.45) is 1.92. The second-order valence-electron chi connectivity index (χ2n) is 8.30. The van der Waals surface area contributed by atoms with Crippen molar-refractivity contribution >= 4 is 33.2 Å². The molecule has 2 heterocycles. The minimum absolute atomic E-state index is 0.0928. The van der Waals surface area contributed by atoms with E-state index in [0.29, 0.717) is 29.8 Å². The average molecular weight is 450 g/mol. The molecular formula is C22H24ClNO5S. The number of hydrogen-bond donors (Lipinski definition) is 0. The third-order valence-corrected chi connectivity index (χ3v) is 8.23. The van der Waals surface area contributed by atoms with Crippen molar-refractivity contribution in [2.75, 3.05) is 18.1 Å². The van der Waals surface area contributed by atoms with Crippen LogP contribution in [-0.4, -0.2) is 42.9 Å². The fraction of sp³-hybridized carbons (Fsp3) is 0.455. The van der Waals surface area contributed by atoms with Crippen molar-refractivity contribution in [3.63, 3.8) is 0 Å². The number of carbonyl (C=O) groups excluding carboxylic acids is 2. The van der Waals surface area contributed by atoms with E-state index in [1.54, 1.807) is 18.2 Å². The first kappa shape index (κ1) is 21.1. The summed E-state index contributed by atoms with van der Waals surface area (Å²) in [7, 11) is -3.03. The van der Waals surface area contributed by atoms with Crippen LogP contribution in [-0.2, 0) is 24.8 Å². The highest BCUT2D eigenvalue weighted by atomic mass is 35.5. The first-order valence-electron chi connectivity index (χ1n) is 9.98. The van der Waals surface area contributed by atoms with Crippen molar-refractivity contribution in [1.82, 2.24) is 4.57 Å². The zero-order valence-corrected chi connectivity index (χ0v) is 18.6. The van der Waals surface area contributed by atoms with Gasteiger partial charge in [-0.2, -0.15) is 0 Å². The van der Waals surface area contributed by atoms with E-state index in [4.69, 9.17) is 16.3 Å². The minimum Gasteiger partial charge on any atom is -0.457 e. The second-order valence-corrected chi connectivity index (χ2v) is 11.0. The zero-order valence-electron chi connectivity index (χ0n) is 17.0. The smallest absolute Gasteiger partial charge is 0.317 e. The molecule has 0 amide bonds. The highest BCUT2D eigenvalue weighted by Gasteiger charge is 2.52. The maximum Gasteiger partial charge on any atom is 0.317 e. The van der Waals surface area contributed by atoms with Gasteiger partial charge in [-0.05, 0) is 56.9 Å². The van der Waals surface area contributed by atoms with Crippen LogP contribution in [0.15, 0.2) is 30.3 Å². The van der Waals surface area contributed by atoms with Gasteiger partial charge >= 0.3 is 5.97 Å². The topological polar surface area (TPSA) is 82.4 Å². The highest BCUT2D eigenvalue weighted by molar-refractivity contribution is 7.91. The summed E-state index contributed by atoms with van der Waals surface area (Å²) < 4.78 is 31.0. The summed E-state index contributed by atoms with van der Waals surface area (Å²) in [5.41, 5.74) is 2.20. The molecular weight excluding hydrogens is 426 g/mol. The van der Waals surface area contributed by atoms with Gasteiger partial charge in [0.2, 0.25) is 5.78 Å². The normalized spacial score (nSPS) is 21.4. The second kappa shape index (κ2) is 7.54. The number of aromatic nitrogens is 1. The lowest BCUT2D eigenvalue weighted by Gasteiger charge is -2.16. The molecule has 1 aromatic heterocycles. The number of sulfone groups is 1. The van der Waals surface area contributed by atoms with E-state index in [1.165, 1.54) is 0 Å². The number of ether oxygens (including phenoxy) is 1. The van der Waals surface area contributed by atoms with Crippen molar-refractivity contribution < 1.29 is 22.7 Å². The van der Waals surface area contributed by atoms with E-state index in [9.17, 15) is 18.0 Å². The minimum atomic E-state index is -3.03. The molecule has 1 unspecified atom stereocenters. The Bertz CT molecular complexity index is 1110. The lowest BCUT2D eigenvalue weighted by Crippen LogP contribution is -2.26. The van der Waals surface area contributed by atoms with Gasteiger partial charge in [0.1, 0.15) is 0 Å². The van der Waals surface area contributed by atoms with Gasteiger partial charge in [-0.15, -0.1) is 0 Å². The number of nitrogens with zero attached hydrogens (tertiary/aromatic N) is 1. The van der Waals surface area contributed by atoms with E-state index in [1.807, 2.05) is 30.5 Å². The van der Waals surface area contributed by atoms with Crippen LogP contribution in [0.3, 0.4) is 0 Å². The molecule has 1 saturated heterocycles. The SMILES string of the molecule is Cc1cc(C(=O)COC(=O)C2(c3ccc(Cl)cc3)CC2)c(C)n1C1CCS(=O)(=O)C1. The number of benzene rings is 1. The van der Waals surface area contributed by atoms with Crippen molar-refractivity contribution in [2.45, 2.75) is 44.6 Å². The standard InChI is InChI=1S/C22H24ClNO5S/c1-14-11-19(15(2)24(14)18-7-10-30(27,28)13-18)20(25)12-29-21(26)22(8-9-22)16-3-5-17(23)6-4-16/h3-6,11,18H,7-10,12-13H2,1-2H3. The van der Waals surface area contributed by atoms with Crippen LogP contribution in [0.2, 0.25) is 5.02 Å². The summed E-state index contributed by atoms with van der Waals surface area (Å²) in [4.78, 5) is 25.5. The van der Waals surface area contributed by atoms with Crippen LogP contribution in [0.1, 0.15) is 52.6 Å². The van der Waals surface area contributed by atoms with E-state index >= 15 is 0 Å². The lowest BCUT2D eigenvalue weighted by atomic mass is 9.96. The van der Waals surface area contributed by atoms with Gasteiger partial charge in [0.25, 0.3) is 0 Å². The number of aryl methyl sites for hydroxylation is 1. The Kier molecular flexibility index (Phi) is 5.31. The van der Waals surface area contributed by atoms with Gasteiger partial charge in [0.05, 0.1) is 16.9 Å². The molecule has 4 rings (SSSR count). The monoisotopic (exact) mass is 449 g/mol. The molecule has 2 fully saturated rings. The zero-order chi connectivity index (χ0) is 21.7. The van der Waals surface area contributed by atoms with Crippen molar-refractivity contribution in [2.24, 2.45) is 0 Å². The van der Waals surface area contributed by atoms with Crippen LogP contribution < -0.4 is 0 Å². The van der Waals surface area contributed by atoms with E-state index < -0.39 is 21.2 Å². The molecule has 1 aliphatic heterocycles. The van der Waals surface area contributed by atoms with Crippen LogP contribution in [0.4, 0.5) is 0 Å². The first-order valence-corrected chi connectivity index (χ1v) is 12.2. The number of ketones is 1. The van der Waals surface area contributed by atoms with E-state index in [2.05, 4.69) is 0 Å². The number of Topliss-reactive ketones (excluding diaryl/α,β-unsaturated/α-hetero) is 1. The maximum absolute atomic E-state index is 12.8. The summed E-state index contributed by atoms with van der Waals surface area (Å²) in [6, 6.07) is 8.73. The highest BCUT2D eigenvalue weighted by Crippen LogP contribution is 2.49. The molecule has 1 aromatic carbocycles. The molecule has 6 nitrogen and oxygen atoms in total. The Morgan fingerprint density at radius 3 is 2.43 bits per heavy atom. The Hall–Kier alpha value is -2.12. The number of esters is 1. The molecule has 1 aliphatic carbocycles. The van der Waals surface area contributed by atoms with Crippen molar-refractivity contribution in [3.8, 4) is 0 Å². The molecule has 1 saturated carbocycles. The average Bonchev–Trinajstić information content (AvgIpc) is 3.35. The fourth-order valence-electron chi connectivity index (χ4n) is 4.45. The summed E-state index contributed by atoms with van der Waals surface area (Å²) in [6.45, 7) is 3.34. The van der Waals surface area contributed by atoms with Crippen LogP contribution in [0, 0.1) is 13.8 Å². The molecule has 2 aromatic rings. The summed E-state index contributed by atoms with van der Waals surface area (Å²) >= 11 is 5.93. The number of hydrogen-bond acceptors (Lipinski definition) is 5. The van der Waals surface area contributed by atoms with Gasteiger partial charge in [0, 0.05) is 28.0 Å². The molecule has 0 N–H and O–H groups in total. The van der Waals surface area contributed by atoms with E-state index in [-0.39, 0.29) is 29.9 Å². The Balaban J connectivity index is 1.45.